The van der Waals surface area contributed by atoms with Crippen LogP contribution in [0.1, 0.15) is 29.8 Å². The molecule has 0 aliphatic carbocycles. The Bertz CT molecular complexity index is 670. The molecule has 2 aromatic rings. The molecule has 0 unspecified atom stereocenters. The fourth-order valence-electron chi connectivity index (χ4n) is 3.43. The third-order valence-electron chi connectivity index (χ3n) is 4.48. The lowest BCUT2D eigenvalue weighted by atomic mass is 9.95. The van der Waals surface area contributed by atoms with Crippen molar-refractivity contribution in [3.8, 4) is 0 Å². The van der Waals surface area contributed by atoms with Crippen molar-refractivity contribution >= 4 is 16.7 Å². The Morgan fingerprint density at radius 3 is 2.85 bits per heavy atom. The first kappa shape index (κ1) is 11.9. The zero-order chi connectivity index (χ0) is 13.5. The lowest BCUT2D eigenvalue weighted by molar-refractivity contribution is 0.0926. The van der Waals surface area contributed by atoms with E-state index in [1.807, 2.05) is 30.3 Å². The van der Waals surface area contributed by atoms with E-state index in [0.717, 1.165) is 17.2 Å². The van der Waals surface area contributed by atoms with Crippen molar-refractivity contribution in [1.82, 2.24) is 15.6 Å². The number of hydrogen-bond donors (Lipinski definition) is 2. The lowest BCUT2D eigenvalue weighted by Crippen LogP contribution is -2.43. The molecule has 20 heavy (non-hydrogen) atoms. The summed E-state index contributed by atoms with van der Waals surface area (Å²) in [7, 11) is 0. The van der Waals surface area contributed by atoms with Gasteiger partial charge in [0.05, 0.1) is 0 Å². The topological polar surface area (TPSA) is 54.0 Å². The first-order valence-corrected chi connectivity index (χ1v) is 7.21. The van der Waals surface area contributed by atoms with Gasteiger partial charge in [0.15, 0.2) is 0 Å². The normalized spacial score (nSPS) is 27.9. The van der Waals surface area contributed by atoms with E-state index in [1.165, 1.54) is 12.8 Å². The first-order valence-electron chi connectivity index (χ1n) is 7.21. The molecule has 3 heterocycles. The van der Waals surface area contributed by atoms with Crippen LogP contribution in [0, 0.1) is 0 Å². The van der Waals surface area contributed by atoms with Gasteiger partial charge < -0.3 is 10.6 Å². The van der Waals surface area contributed by atoms with Gasteiger partial charge >= 0.3 is 0 Å². The summed E-state index contributed by atoms with van der Waals surface area (Å²) in [5.74, 6) is -0.0601. The minimum absolute atomic E-state index is 0.0601. The molecule has 1 aromatic heterocycles. The number of nitrogens with zero attached hydrogens (tertiary/aromatic N) is 1. The summed E-state index contributed by atoms with van der Waals surface area (Å²) in [4.78, 5) is 16.6. The Balaban J connectivity index is 1.54. The van der Waals surface area contributed by atoms with Gasteiger partial charge in [-0.15, -0.1) is 0 Å². The van der Waals surface area contributed by atoms with Crippen LogP contribution in [-0.2, 0) is 0 Å². The Kier molecular flexibility index (Phi) is 2.70. The summed E-state index contributed by atoms with van der Waals surface area (Å²) in [6.45, 7) is 0. The smallest absolute Gasteiger partial charge is 0.270 e. The first-order chi connectivity index (χ1) is 9.79. The summed E-state index contributed by atoms with van der Waals surface area (Å²) in [6.07, 6.45) is 5.22. The molecule has 2 fully saturated rings. The third kappa shape index (κ3) is 1.96. The van der Waals surface area contributed by atoms with Gasteiger partial charge in [0.1, 0.15) is 5.69 Å². The third-order valence-corrected chi connectivity index (χ3v) is 4.48. The number of carbonyl (C=O) groups is 1. The summed E-state index contributed by atoms with van der Waals surface area (Å²) in [5.41, 5.74) is 0.506. The van der Waals surface area contributed by atoms with Crippen LogP contribution >= 0.6 is 0 Å². The molecule has 0 spiro atoms. The SMILES string of the molecule is O=C(N[C@@H]1C[C@@H]2CC[C@@H]1N2)c1cc2ccccc2cn1. The van der Waals surface area contributed by atoms with E-state index in [-0.39, 0.29) is 11.9 Å². The number of hydrogen-bond acceptors (Lipinski definition) is 3. The van der Waals surface area contributed by atoms with Crippen LogP contribution in [0.5, 0.6) is 0 Å². The van der Waals surface area contributed by atoms with Crippen molar-refractivity contribution in [3.63, 3.8) is 0 Å². The van der Waals surface area contributed by atoms with Crippen molar-refractivity contribution in [3.05, 3.63) is 42.2 Å². The zero-order valence-electron chi connectivity index (χ0n) is 11.2. The molecule has 4 rings (SSSR count). The number of benzene rings is 1. The van der Waals surface area contributed by atoms with E-state index >= 15 is 0 Å². The van der Waals surface area contributed by atoms with Gasteiger partial charge in [-0.25, -0.2) is 0 Å². The Morgan fingerprint density at radius 2 is 2.10 bits per heavy atom. The molecule has 2 N–H and O–H groups in total. The van der Waals surface area contributed by atoms with Crippen LogP contribution < -0.4 is 10.6 Å². The number of amides is 1. The standard InChI is InChI=1S/C16H17N3O/c20-16(19-14-8-12-5-6-13(14)18-12)15-7-10-3-1-2-4-11(10)9-17-15/h1-4,7,9,12-14,18H,5-6,8H2,(H,19,20)/t12-,13-,14+/m0/s1. The molecule has 3 atom stereocenters. The number of fused-ring (bicyclic) bond motifs is 3. The maximum atomic E-state index is 12.3. The van der Waals surface area contributed by atoms with Crippen molar-refractivity contribution in [2.24, 2.45) is 0 Å². The maximum absolute atomic E-state index is 12.3. The van der Waals surface area contributed by atoms with Gasteiger partial charge in [-0.1, -0.05) is 24.3 Å². The second kappa shape index (κ2) is 4.56. The lowest BCUT2D eigenvalue weighted by Gasteiger charge is -2.21. The monoisotopic (exact) mass is 267 g/mol. The summed E-state index contributed by atoms with van der Waals surface area (Å²) < 4.78 is 0. The van der Waals surface area contributed by atoms with E-state index in [1.54, 1.807) is 6.20 Å². The Morgan fingerprint density at radius 1 is 1.25 bits per heavy atom. The Hall–Kier alpha value is -1.94. The molecule has 0 saturated carbocycles. The van der Waals surface area contributed by atoms with Crippen molar-refractivity contribution < 1.29 is 4.79 Å². The van der Waals surface area contributed by atoms with Crippen LogP contribution in [-0.4, -0.2) is 29.0 Å². The fraction of sp³-hybridized carbons (Fsp3) is 0.375. The summed E-state index contributed by atoms with van der Waals surface area (Å²) >= 11 is 0. The quantitative estimate of drug-likeness (QED) is 0.873. The minimum Gasteiger partial charge on any atom is -0.346 e. The summed E-state index contributed by atoms with van der Waals surface area (Å²) in [6, 6.07) is 11.1. The molecule has 2 aliphatic heterocycles. The summed E-state index contributed by atoms with van der Waals surface area (Å²) in [5, 5.41) is 8.77. The van der Waals surface area contributed by atoms with Gasteiger partial charge in [0, 0.05) is 29.7 Å². The predicted molar refractivity (Wildman–Crippen MR) is 77.6 cm³/mol. The highest BCUT2D eigenvalue weighted by atomic mass is 16.2. The number of aromatic nitrogens is 1. The van der Waals surface area contributed by atoms with Gasteiger partial charge in [-0.05, 0) is 30.7 Å². The maximum Gasteiger partial charge on any atom is 0.270 e. The molecular formula is C16H17N3O. The van der Waals surface area contributed by atoms with Crippen LogP contribution in [0.15, 0.2) is 36.5 Å². The molecule has 1 amide bonds. The number of rotatable bonds is 2. The molecular weight excluding hydrogens is 250 g/mol. The highest BCUT2D eigenvalue weighted by Gasteiger charge is 2.39. The van der Waals surface area contributed by atoms with E-state index in [4.69, 9.17) is 0 Å². The highest BCUT2D eigenvalue weighted by Crippen LogP contribution is 2.28. The molecule has 0 radical (unpaired) electrons. The predicted octanol–water partition coefficient (Wildman–Crippen LogP) is 1.86. The molecule has 4 nitrogen and oxygen atoms in total. The fourth-order valence-corrected chi connectivity index (χ4v) is 3.43. The van der Waals surface area contributed by atoms with Crippen LogP contribution in [0.25, 0.3) is 10.8 Å². The second-order valence-electron chi connectivity index (χ2n) is 5.78. The number of carbonyl (C=O) groups excluding carboxylic acids is 1. The molecule has 1 aromatic carbocycles. The van der Waals surface area contributed by atoms with E-state index in [9.17, 15) is 4.79 Å². The minimum atomic E-state index is -0.0601. The molecule has 4 heteroatoms. The molecule has 2 saturated heterocycles. The van der Waals surface area contributed by atoms with E-state index in [0.29, 0.717) is 17.8 Å². The number of nitrogens with one attached hydrogen (secondary N) is 2. The van der Waals surface area contributed by atoms with Gasteiger partial charge in [-0.2, -0.15) is 0 Å². The average Bonchev–Trinajstić information content (AvgIpc) is 3.09. The van der Waals surface area contributed by atoms with Crippen LogP contribution in [0.2, 0.25) is 0 Å². The second-order valence-corrected chi connectivity index (χ2v) is 5.78. The van der Waals surface area contributed by atoms with E-state index in [2.05, 4.69) is 15.6 Å². The van der Waals surface area contributed by atoms with Crippen molar-refractivity contribution in [2.75, 3.05) is 0 Å². The van der Waals surface area contributed by atoms with Gasteiger partial charge in [-0.3, -0.25) is 9.78 Å². The molecule has 2 bridgehead atoms. The van der Waals surface area contributed by atoms with Gasteiger partial charge in [0.2, 0.25) is 0 Å². The Labute approximate surface area is 117 Å². The zero-order valence-corrected chi connectivity index (χ0v) is 11.2. The molecule has 102 valence electrons. The van der Waals surface area contributed by atoms with Gasteiger partial charge in [0.25, 0.3) is 5.91 Å². The average molecular weight is 267 g/mol. The van der Waals surface area contributed by atoms with E-state index < -0.39 is 0 Å². The van der Waals surface area contributed by atoms with Crippen molar-refractivity contribution in [1.29, 1.82) is 0 Å². The van der Waals surface area contributed by atoms with Crippen LogP contribution in [0.3, 0.4) is 0 Å². The largest absolute Gasteiger partial charge is 0.346 e. The molecule has 2 aliphatic rings. The number of pyridine rings is 1. The highest BCUT2D eigenvalue weighted by molar-refractivity contribution is 5.96. The van der Waals surface area contributed by atoms with Crippen molar-refractivity contribution in [2.45, 2.75) is 37.4 Å². The van der Waals surface area contributed by atoms with Crippen LogP contribution in [0.4, 0.5) is 0 Å².